The SMILES string of the molecule is Cn1cc(-c2ccc(-c3cncc4ccc(-c5ccn(C)n5)nc34)cc2)cn1. The lowest BCUT2D eigenvalue weighted by Gasteiger charge is -2.08. The van der Waals surface area contributed by atoms with Gasteiger partial charge in [0.15, 0.2) is 0 Å². The molecule has 6 nitrogen and oxygen atoms in total. The Morgan fingerprint density at radius 1 is 0.714 bits per heavy atom. The maximum atomic E-state index is 4.89. The van der Waals surface area contributed by atoms with Gasteiger partial charge in [0.25, 0.3) is 0 Å². The first-order chi connectivity index (χ1) is 13.7. The van der Waals surface area contributed by atoms with Crippen molar-refractivity contribution in [3.63, 3.8) is 0 Å². The predicted octanol–water partition coefficient (Wildman–Crippen LogP) is 4.10. The summed E-state index contributed by atoms with van der Waals surface area (Å²) >= 11 is 0. The van der Waals surface area contributed by atoms with Crippen molar-refractivity contribution in [3.05, 3.63) is 73.4 Å². The highest BCUT2D eigenvalue weighted by atomic mass is 15.3. The fraction of sp³-hybridized carbons (Fsp3) is 0.0909. The predicted molar refractivity (Wildman–Crippen MR) is 109 cm³/mol. The monoisotopic (exact) mass is 366 g/mol. The van der Waals surface area contributed by atoms with Crippen molar-refractivity contribution in [3.8, 4) is 33.6 Å². The van der Waals surface area contributed by atoms with E-state index in [-0.39, 0.29) is 0 Å². The summed E-state index contributed by atoms with van der Waals surface area (Å²) in [6.45, 7) is 0. The van der Waals surface area contributed by atoms with Gasteiger partial charge in [-0.3, -0.25) is 14.3 Å². The molecule has 5 aromatic rings. The van der Waals surface area contributed by atoms with Gasteiger partial charge in [0.1, 0.15) is 5.69 Å². The van der Waals surface area contributed by atoms with E-state index in [1.807, 2.05) is 63.3 Å². The lowest BCUT2D eigenvalue weighted by molar-refractivity contribution is 0.768. The van der Waals surface area contributed by atoms with Gasteiger partial charge in [-0.1, -0.05) is 24.3 Å². The van der Waals surface area contributed by atoms with Gasteiger partial charge in [-0.2, -0.15) is 10.2 Å². The van der Waals surface area contributed by atoms with Crippen molar-refractivity contribution in [2.24, 2.45) is 14.1 Å². The molecule has 0 bridgehead atoms. The van der Waals surface area contributed by atoms with E-state index in [2.05, 4.69) is 39.4 Å². The van der Waals surface area contributed by atoms with Crippen LogP contribution in [0.3, 0.4) is 0 Å². The summed E-state index contributed by atoms with van der Waals surface area (Å²) in [7, 11) is 3.83. The molecular formula is C22H18N6. The topological polar surface area (TPSA) is 61.4 Å². The highest BCUT2D eigenvalue weighted by Gasteiger charge is 2.10. The van der Waals surface area contributed by atoms with Crippen LogP contribution in [0.15, 0.2) is 73.4 Å². The van der Waals surface area contributed by atoms with Gasteiger partial charge in [-0.05, 0) is 29.3 Å². The van der Waals surface area contributed by atoms with Crippen LogP contribution in [0.2, 0.25) is 0 Å². The molecule has 4 heterocycles. The van der Waals surface area contributed by atoms with Crippen molar-refractivity contribution < 1.29 is 0 Å². The van der Waals surface area contributed by atoms with Crippen molar-refractivity contribution in [1.29, 1.82) is 0 Å². The van der Waals surface area contributed by atoms with Crippen molar-refractivity contribution in [1.82, 2.24) is 29.5 Å². The molecule has 4 aromatic heterocycles. The molecule has 0 amide bonds. The number of rotatable bonds is 3. The molecule has 0 saturated heterocycles. The summed E-state index contributed by atoms with van der Waals surface area (Å²) in [5.41, 5.74) is 6.95. The standard InChI is InChI=1S/C22H18N6/c1-27-10-9-21(26-27)20-8-7-17-11-23-13-19(22(17)25-20)16-5-3-15(4-6-16)18-12-24-28(2)14-18/h3-14H,1-2H3. The first-order valence-corrected chi connectivity index (χ1v) is 9.02. The van der Waals surface area contributed by atoms with Gasteiger partial charge in [-0.15, -0.1) is 0 Å². The third-order valence-electron chi connectivity index (χ3n) is 4.81. The number of pyridine rings is 2. The lowest BCUT2D eigenvalue weighted by atomic mass is 10.0. The number of nitrogens with zero attached hydrogens (tertiary/aromatic N) is 6. The van der Waals surface area contributed by atoms with Crippen LogP contribution in [-0.4, -0.2) is 29.5 Å². The van der Waals surface area contributed by atoms with E-state index in [9.17, 15) is 0 Å². The fourth-order valence-corrected chi connectivity index (χ4v) is 3.36. The van der Waals surface area contributed by atoms with Gasteiger partial charge in [0.2, 0.25) is 0 Å². The van der Waals surface area contributed by atoms with Crippen molar-refractivity contribution in [2.75, 3.05) is 0 Å². The lowest BCUT2D eigenvalue weighted by Crippen LogP contribution is -1.92. The Morgan fingerprint density at radius 3 is 2.25 bits per heavy atom. The molecule has 6 heteroatoms. The molecule has 5 rings (SSSR count). The normalized spacial score (nSPS) is 11.2. The summed E-state index contributed by atoms with van der Waals surface area (Å²) < 4.78 is 3.59. The Bertz CT molecular complexity index is 1280. The Hall–Kier alpha value is -3.80. The van der Waals surface area contributed by atoms with Gasteiger partial charge in [0.05, 0.1) is 17.4 Å². The summed E-state index contributed by atoms with van der Waals surface area (Å²) in [6, 6.07) is 14.4. The first-order valence-electron chi connectivity index (χ1n) is 9.02. The molecule has 0 saturated carbocycles. The molecule has 0 aliphatic rings. The number of hydrogen-bond donors (Lipinski definition) is 0. The number of benzene rings is 1. The van der Waals surface area contributed by atoms with Crippen LogP contribution >= 0.6 is 0 Å². The van der Waals surface area contributed by atoms with Crippen molar-refractivity contribution in [2.45, 2.75) is 0 Å². The molecule has 136 valence electrons. The second-order valence-electron chi connectivity index (χ2n) is 6.81. The summed E-state index contributed by atoms with van der Waals surface area (Å²) in [6.07, 6.45) is 9.52. The van der Waals surface area contributed by atoms with Crippen molar-refractivity contribution >= 4 is 10.9 Å². The molecule has 1 aromatic carbocycles. The van der Waals surface area contributed by atoms with E-state index >= 15 is 0 Å². The van der Waals surface area contributed by atoms with Gasteiger partial charge >= 0.3 is 0 Å². The van der Waals surface area contributed by atoms with E-state index in [1.54, 1.807) is 9.36 Å². The Morgan fingerprint density at radius 2 is 1.54 bits per heavy atom. The number of aromatic nitrogens is 6. The molecular weight excluding hydrogens is 348 g/mol. The summed E-state index contributed by atoms with van der Waals surface area (Å²) in [5, 5.41) is 9.72. The maximum Gasteiger partial charge on any atom is 0.111 e. The zero-order valence-corrected chi connectivity index (χ0v) is 15.6. The Kier molecular flexibility index (Phi) is 3.76. The average molecular weight is 366 g/mol. The van der Waals surface area contributed by atoms with Crippen LogP contribution in [0, 0.1) is 0 Å². The zero-order valence-electron chi connectivity index (χ0n) is 15.6. The second kappa shape index (κ2) is 6.42. The molecule has 0 radical (unpaired) electrons. The molecule has 0 aliphatic carbocycles. The molecule has 0 aliphatic heterocycles. The highest BCUT2D eigenvalue weighted by Crippen LogP contribution is 2.30. The largest absolute Gasteiger partial charge is 0.275 e. The highest BCUT2D eigenvalue weighted by molar-refractivity contribution is 5.94. The van der Waals surface area contributed by atoms with Crippen LogP contribution < -0.4 is 0 Å². The van der Waals surface area contributed by atoms with Gasteiger partial charge < -0.3 is 0 Å². The van der Waals surface area contributed by atoms with E-state index in [0.29, 0.717) is 0 Å². The van der Waals surface area contributed by atoms with Crippen LogP contribution in [-0.2, 0) is 14.1 Å². The molecule has 0 atom stereocenters. The summed E-state index contributed by atoms with van der Waals surface area (Å²) in [4.78, 5) is 9.30. The van der Waals surface area contributed by atoms with Gasteiger partial charge in [-0.25, -0.2) is 4.98 Å². The molecule has 0 fully saturated rings. The molecule has 0 N–H and O–H groups in total. The van der Waals surface area contributed by atoms with Crippen LogP contribution in [0.5, 0.6) is 0 Å². The van der Waals surface area contributed by atoms with E-state index in [0.717, 1.165) is 44.5 Å². The summed E-state index contributed by atoms with van der Waals surface area (Å²) in [5.74, 6) is 0. The van der Waals surface area contributed by atoms with Crippen LogP contribution in [0.4, 0.5) is 0 Å². The minimum absolute atomic E-state index is 0.854. The van der Waals surface area contributed by atoms with E-state index in [4.69, 9.17) is 4.98 Å². The second-order valence-corrected chi connectivity index (χ2v) is 6.81. The minimum Gasteiger partial charge on any atom is -0.275 e. The van der Waals surface area contributed by atoms with Gasteiger partial charge in [0, 0.05) is 55.4 Å². The average Bonchev–Trinajstić information content (AvgIpc) is 3.36. The van der Waals surface area contributed by atoms with E-state index < -0.39 is 0 Å². The third kappa shape index (κ3) is 2.85. The van der Waals surface area contributed by atoms with E-state index in [1.165, 1.54) is 0 Å². The maximum absolute atomic E-state index is 4.89. The number of fused-ring (bicyclic) bond motifs is 1. The van der Waals surface area contributed by atoms with Crippen LogP contribution in [0.1, 0.15) is 0 Å². The number of hydrogen-bond acceptors (Lipinski definition) is 4. The molecule has 0 spiro atoms. The first kappa shape index (κ1) is 16.4. The van der Waals surface area contributed by atoms with Crippen LogP contribution in [0.25, 0.3) is 44.5 Å². The smallest absolute Gasteiger partial charge is 0.111 e. The molecule has 0 unspecified atom stereocenters. The third-order valence-corrected chi connectivity index (χ3v) is 4.81. The Labute approximate surface area is 162 Å². The molecule has 28 heavy (non-hydrogen) atoms. The quantitative estimate of drug-likeness (QED) is 0.482. The number of aryl methyl sites for hydroxylation is 2. The fourth-order valence-electron chi connectivity index (χ4n) is 3.36. The Balaban J connectivity index is 1.60. The minimum atomic E-state index is 0.854. The zero-order chi connectivity index (χ0) is 19.1.